The number of likely N-dealkylation sites (N-methyl/N-ethyl adjacent to an activating group) is 1. The average molecular weight is 356 g/mol. The van der Waals surface area contributed by atoms with Gasteiger partial charge in [0.1, 0.15) is 12.6 Å². The van der Waals surface area contributed by atoms with Gasteiger partial charge in [0.25, 0.3) is 0 Å². The van der Waals surface area contributed by atoms with Gasteiger partial charge in [0.05, 0.1) is 12.6 Å². The van der Waals surface area contributed by atoms with Crippen molar-refractivity contribution in [2.45, 2.75) is 44.9 Å². The molecule has 0 heterocycles. The fraction of sp³-hybridized carbons (Fsp3) is 0.409. The Bertz CT molecular complexity index is 668. The van der Waals surface area contributed by atoms with Crippen molar-refractivity contribution in [2.24, 2.45) is 0 Å². The summed E-state index contributed by atoms with van der Waals surface area (Å²) in [6.45, 7) is 8.95. The first kappa shape index (κ1) is 20.1. The molecule has 140 valence electrons. The van der Waals surface area contributed by atoms with Gasteiger partial charge in [-0.25, -0.2) is 4.79 Å². The predicted octanol–water partition coefficient (Wildman–Crippen LogP) is 2.17. The maximum atomic E-state index is 13.0. The van der Waals surface area contributed by atoms with Gasteiger partial charge >= 0.3 is 5.97 Å². The molecule has 4 nitrogen and oxygen atoms in total. The molecule has 2 N–H and O–H groups in total. The Hall–Kier alpha value is -2.17. The number of benzene rings is 2. The van der Waals surface area contributed by atoms with Crippen LogP contribution in [0.1, 0.15) is 38.8 Å². The molecule has 0 saturated carbocycles. The topological polar surface area (TPSA) is 51.0 Å². The number of esters is 1. The lowest BCUT2D eigenvalue weighted by Crippen LogP contribution is -3.17. The van der Waals surface area contributed by atoms with Gasteiger partial charge in [0.15, 0.2) is 0 Å². The van der Waals surface area contributed by atoms with Gasteiger partial charge in [-0.2, -0.15) is 0 Å². The van der Waals surface area contributed by atoms with Crippen LogP contribution in [0.25, 0.3) is 0 Å². The largest absolute Gasteiger partial charge is 0.454 e. The van der Waals surface area contributed by atoms with Crippen molar-refractivity contribution < 1.29 is 19.5 Å². The fourth-order valence-corrected chi connectivity index (χ4v) is 2.81. The number of rotatable bonds is 6. The van der Waals surface area contributed by atoms with Gasteiger partial charge in [0, 0.05) is 0 Å². The lowest BCUT2D eigenvalue weighted by molar-refractivity contribution is -0.930. The monoisotopic (exact) mass is 356 g/mol. The molecule has 0 aliphatic rings. The van der Waals surface area contributed by atoms with E-state index in [2.05, 4.69) is 27.8 Å². The first-order valence-electron chi connectivity index (χ1n) is 9.03. The van der Waals surface area contributed by atoms with E-state index in [0.717, 1.165) is 0 Å². The number of hydrogen-bond acceptors (Lipinski definition) is 3. The molecule has 4 heteroatoms. The lowest BCUT2D eigenvalue weighted by Gasteiger charge is -2.32. The van der Waals surface area contributed by atoms with Crippen LogP contribution < -0.4 is 4.90 Å². The van der Waals surface area contributed by atoms with E-state index >= 15 is 0 Å². The third-order valence-corrected chi connectivity index (χ3v) is 4.86. The number of nitrogens with one attached hydrogen (secondary N) is 1. The highest BCUT2D eigenvalue weighted by Crippen LogP contribution is 2.31. The Labute approximate surface area is 156 Å². The molecular weight excluding hydrogens is 326 g/mol. The summed E-state index contributed by atoms with van der Waals surface area (Å²) in [6.07, 6.45) is -0.319. The van der Waals surface area contributed by atoms with Crippen LogP contribution in [0.4, 0.5) is 0 Å². The maximum Gasteiger partial charge on any atom is 0.348 e. The maximum absolute atomic E-state index is 13.0. The Balaban J connectivity index is 2.28. The molecule has 2 aromatic rings. The van der Waals surface area contributed by atoms with Gasteiger partial charge in [-0.15, -0.1) is 0 Å². The fourth-order valence-electron chi connectivity index (χ4n) is 2.81. The lowest BCUT2D eigenvalue weighted by atomic mass is 9.86. The van der Waals surface area contributed by atoms with Crippen LogP contribution in [0.2, 0.25) is 0 Å². The first-order valence-corrected chi connectivity index (χ1v) is 9.03. The second-order valence-corrected chi connectivity index (χ2v) is 7.89. The molecule has 1 unspecified atom stereocenters. The molecule has 0 radical (unpaired) electrons. The number of hydrogen-bond donors (Lipinski definition) is 2. The molecule has 0 aliphatic heterocycles. The summed E-state index contributed by atoms with van der Waals surface area (Å²) in [7, 11) is 2.07. The minimum Gasteiger partial charge on any atom is -0.454 e. The molecule has 2 rings (SSSR count). The molecule has 26 heavy (non-hydrogen) atoms. The van der Waals surface area contributed by atoms with E-state index in [1.54, 1.807) is 48.5 Å². The smallest absolute Gasteiger partial charge is 0.348 e. The van der Waals surface area contributed by atoms with Crippen molar-refractivity contribution in [3.8, 4) is 0 Å². The molecule has 0 bridgehead atoms. The molecule has 0 aliphatic carbocycles. The molecule has 2 atom stereocenters. The van der Waals surface area contributed by atoms with Crippen LogP contribution in [0.15, 0.2) is 60.7 Å². The number of carbonyl (C=O) groups is 1. The average Bonchev–Trinajstić information content (AvgIpc) is 2.61. The van der Waals surface area contributed by atoms with Crippen LogP contribution in [-0.2, 0) is 15.1 Å². The van der Waals surface area contributed by atoms with E-state index < -0.39 is 11.6 Å². The highest BCUT2D eigenvalue weighted by Gasteiger charge is 2.42. The third-order valence-electron chi connectivity index (χ3n) is 4.86. The van der Waals surface area contributed by atoms with Gasteiger partial charge in [0.2, 0.25) is 5.60 Å². The highest BCUT2D eigenvalue weighted by molar-refractivity contribution is 5.85. The molecule has 2 aromatic carbocycles. The van der Waals surface area contributed by atoms with E-state index in [1.165, 1.54) is 4.90 Å². The van der Waals surface area contributed by atoms with Crippen molar-refractivity contribution in [1.82, 2.24) is 0 Å². The summed E-state index contributed by atoms with van der Waals surface area (Å²) in [5, 5.41) is 11.4. The summed E-state index contributed by atoms with van der Waals surface area (Å²) in [5.74, 6) is -0.649. The quantitative estimate of drug-likeness (QED) is 0.780. The van der Waals surface area contributed by atoms with Gasteiger partial charge in [-0.05, 0) is 38.8 Å². The number of quaternary nitrogens is 1. The second-order valence-electron chi connectivity index (χ2n) is 7.89. The molecular formula is C22H30NO3+. The molecule has 0 fully saturated rings. The zero-order valence-electron chi connectivity index (χ0n) is 16.3. The van der Waals surface area contributed by atoms with Crippen LogP contribution in [-0.4, -0.2) is 36.3 Å². The van der Waals surface area contributed by atoms with Crippen LogP contribution in [0, 0.1) is 0 Å². The van der Waals surface area contributed by atoms with Gasteiger partial charge in [-0.3, -0.25) is 0 Å². The minimum absolute atomic E-state index is 0.0514. The summed E-state index contributed by atoms with van der Waals surface area (Å²) in [4.78, 5) is 14.3. The van der Waals surface area contributed by atoms with E-state index in [9.17, 15) is 9.90 Å². The molecule has 0 saturated heterocycles. The third kappa shape index (κ3) is 4.51. The molecule has 0 aromatic heterocycles. The van der Waals surface area contributed by atoms with E-state index in [1.807, 2.05) is 19.1 Å². The normalized spacial score (nSPS) is 14.5. The molecule has 0 amide bonds. The zero-order chi connectivity index (χ0) is 19.4. The Morgan fingerprint density at radius 1 is 1.00 bits per heavy atom. The Morgan fingerprint density at radius 2 is 1.42 bits per heavy atom. The summed E-state index contributed by atoms with van der Waals surface area (Å²) in [5.41, 5.74) is -0.776. The zero-order valence-corrected chi connectivity index (χ0v) is 16.3. The van der Waals surface area contributed by atoms with E-state index in [-0.39, 0.29) is 11.6 Å². The van der Waals surface area contributed by atoms with Crippen molar-refractivity contribution >= 4 is 5.97 Å². The van der Waals surface area contributed by atoms with E-state index in [0.29, 0.717) is 17.7 Å². The minimum atomic E-state index is -1.83. The first-order chi connectivity index (χ1) is 12.2. The van der Waals surface area contributed by atoms with Gasteiger partial charge in [-0.1, -0.05) is 60.7 Å². The Kier molecular flexibility index (Phi) is 6.21. The van der Waals surface area contributed by atoms with Crippen LogP contribution in [0.3, 0.4) is 0 Å². The van der Waals surface area contributed by atoms with Crippen molar-refractivity contribution in [3.63, 3.8) is 0 Å². The van der Waals surface area contributed by atoms with Crippen LogP contribution in [0.5, 0.6) is 0 Å². The predicted molar refractivity (Wildman–Crippen MR) is 103 cm³/mol. The van der Waals surface area contributed by atoms with Crippen molar-refractivity contribution in [1.29, 1.82) is 0 Å². The summed E-state index contributed by atoms with van der Waals surface area (Å²) in [6, 6.07) is 17.9. The summed E-state index contributed by atoms with van der Waals surface area (Å²) >= 11 is 0. The van der Waals surface area contributed by atoms with Gasteiger partial charge < -0.3 is 14.7 Å². The summed E-state index contributed by atoms with van der Waals surface area (Å²) < 4.78 is 5.68. The van der Waals surface area contributed by atoms with Crippen LogP contribution >= 0.6 is 0 Å². The SMILES string of the molecule is C[C@@H](C[NH+](C)C(C)(C)C)OC(=O)C(O)(c1ccccc1)c1ccccc1. The Morgan fingerprint density at radius 3 is 1.81 bits per heavy atom. The highest BCUT2D eigenvalue weighted by atomic mass is 16.6. The second kappa shape index (κ2) is 8.02. The number of aliphatic hydroxyl groups is 1. The number of ether oxygens (including phenoxy) is 1. The van der Waals surface area contributed by atoms with Crippen molar-refractivity contribution in [2.75, 3.05) is 13.6 Å². The number of carbonyl (C=O) groups excluding carboxylic acids is 1. The van der Waals surface area contributed by atoms with E-state index in [4.69, 9.17) is 4.74 Å². The molecule has 0 spiro atoms. The van der Waals surface area contributed by atoms with Crippen molar-refractivity contribution in [3.05, 3.63) is 71.8 Å². The standard InChI is InChI=1S/C22H29NO3/c1-17(16-23(5)21(2,3)4)26-20(24)22(25,18-12-8-6-9-13-18)19-14-10-7-11-15-19/h6-15,17,25H,16H2,1-5H3/p+1/t17-/m0/s1.